The van der Waals surface area contributed by atoms with Crippen LogP contribution in [0.2, 0.25) is 0 Å². The average Bonchev–Trinajstić information content (AvgIpc) is 2.68. The van der Waals surface area contributed by atoms with Crippen LogP contribution >= 0.6 is 11.8 Å². The minimum absolute atomic E-state index is 0.825. The highest BCUT2D eigenvalue weighted by Crippen LogP contribution is 2.17. The first-order valence-corrected chi connectivity index (χ1v) is 7.75. The van der Waals surface area contributed by atoms with Gasteiger partial charge in [-0.1, -0.05) is 39.5 Å². The van der Waals surface area contributed by atoms with Gasteiger partial charge in [0.15, 0.2) is 0 Å². The van der Waals surface area contributed by atoms with E-state index in [1.807, 2.05) is 0 Å². The van der Waals surface area contributed by atoms with Crippen LogP contribution in [0, 0.1) is 5.92 Å². The summed E-state index contributed by atoms with van der Waals surface area (Å²) in [4.78, 5) is 0. The van der Waals surface area contributed by atoms with E-state index >= 15 is 0 Å². The molecule has 1 heterocycles. The van der Waals surface area contributed by atoms with E-state index in [9.17, 15) is 0 Å². The van der Waals surface area contributed by atoms with Crippen LogP contribution in [0.5, 0.6) is 0 Å². The number of unbranched alkanes of at least 4 members (excludes halogenated alkanes) is 3. The lowest BCUT2D eigenvalue weighted by Gasteiger charge is -2.10. The summed E-state index contributed by atoms with van der Waals surface area (Å²) in [5.74, 6) is 3.60. The van der Waals surface area contributed by atoms with Crippen molar-refractivity contribution >= 4 is 11.8 Å². The highest BCUT2D eigenvalue weighted by atomic mass is 32.2. The Hall–Kier alpha value is 0.310. The van der Waals surface area contributed by atoms with Crippen LogP contribution < -0.4 is 5.32 Å². The second-order valence-corrected chi connectivity index (χ2v) is 6.26. The molecule has 1 saturated heterocycles. The molecular weight excluding hydrogens is 202 g/mol. The molecule has 1 unspecified atom stereocenters. The summed E-state index contributed by atoms with van der Waals surface area (Å²) in [6.45, 7) is 5.88. The second kappa shape index (κ2) is 8.46. The molecule has 0 aliphatic carbocycles. The van der Waals surface area contributed by atoms with Gasteiger partial charge in [-0.25, -0.2) is 0 Å². The molecule has 0 aromatic rings. The average molecular weight is 229 g/mol. The maximum Gasteiger partial charge on any atom is 0.0166 e. The molecule has 0 radical (unpaired) electrons. The minimum Gasteiger partial charge on any atom is -0.313 e. The molecule has 0 spiro atoms. The van der Waals surface area contributed by atoms with Crippen LogP contribution in [0.1, 0.15) is 52.4 Å². The summed E-state index contributed by atoms with van der Waals surface area (Å²) in [6.07, 6.45) is 8.44. The van der Waals surface area contributed by atoms with Crippen LogP contribution in [0.4, 0.5) is 0 Å². The standard InChI is InChI=1S/C13H27NS/c1-12(2)7-5-3-4-6-9-14-13-8-10-15-11-13/h12-14H,3-11H2,1-2H3. The van der Waals surface area contributed by atoms with Gasteiger partial charge < -0.3 is 5.32 Å². The number of nitrogens with one attached hydrogen (secondary N) is 1. The zero-order chi connectivity index (χ0) is 10.9. The van der Waals surface area contributed by atoms with E-state index in [4.69, 9.17) is 0 Å². The molecule has 1 fully saturated rings. The Morgan fingerprint density at radius 3 is 2.67 bits per heavy atom. The summed E-state index contributed by atoms with van der Waals surface area (Å²) >= 11 is 2.09. The molecule has 0 saturated carbocycles. The Morgan fingerprint density at radius 1 is 1.20 bits per heavy atom. The molecule has 1 nitrogen and oxygen atoms in total. The third kappa shape index (κ3) is 7.24. The number of hydrogen-bond donors (Lipinski definition) is 1. The quantitative estimate of drug-likeness (QED) is 0.637. The van der Waals surface area contributed by atoms with E-state index in [1.165, 1.54) is 56.6 Å². The maximum absolute atomic E-state index is 3.66. The van der Waals surface area contributed by atoms with Gasteiger partial charge in [0.1, 0.15) is 0 Å². The van der Waals surface area contributed by atoms with Crippen molar-refractivity contribution in [3.8, 4) is 0 Å². The van der Waals surface area contributed by atoms with E-state index < -0.39 is 0 Å². The maximum atomic E-state index is 3.66. The molecule has 1 aliphatic rings. The zero-order valence-electron chi connectivity index (χ0n) is 10.4. The van der Waals surface area contributed by atoms with E-state index in [0.29, 0.717) is 0 Å². The monoisotopic (exact) mass is 229 g/mol. The molecule has 1 atom stereocenters. The highest BCUT2D eigenvalue weighted by molar-refractivity contribution is 7.99. The van der Waals surface area contributed by atoms with Crippen LogP contribution in [0.3, 0.4) is 0 Å². The number of rotatable bonds is 8. The summed E-state index contributed by atoms with van der Waals surface area (Å²) < 4.78 is 0. The summed E-state index contributed by atoms with van der Waals surface area (Å²) in [7, 11) is 0. The Balaban J connectivity index is 1.76. The predicted molar refractivity (Wildman–Crippen MR) is 71.7 cm³/mol. The molecule has 15 heavy (non-hydrogen) atoms. The molecule has 2 heteroatoms. The van der Waals surface area contributed by atoms with Crippen molar-refractivity contribution in [2.45, 2.75) is 58.4 Å². The number of thioether (sulfide) groups is 1. The van der Waals surface area contributed by atoms with Crippen LogP contribution in [-0.2, 0) is 0 Å². The number of hydrogen-bond acceptors (Lipinski definition) is 2. The first-order valence-electron chi connectivity index (χ1n) is 6.60. The normalized spacial score (nSPS) is 21.4. The van der Waals surface area contributed by atoms with Crippen molar-refractivity contribution in [3.05, 3.63) is 0 Å². The second-order valence-electron chi connectivity index (χ2n) is 5.11. The minimum atomic E-state index is 0.825. The Labute approximate surface area is 99.8 Å². The molecule has 1 N–H and O–H groups in total. The lowest BCUT2D eigenvalue weighted by atomic mass is 10.0. The van der Waals surface area contributed by atoms with Gasteiger partial charge in [0.05, 0.1) is 0 Å². The van der Waals surface area contributed by atoms with Crippen LogP contribution in [-0.4, -0.2) is 24.1 Å². The Bertz CT molecular complexity index is 141. The van der Waals surface area contributed by atoms with Crippen LogP contribution in [0.25, 0.3) is 0 Å². The van der Waals surface area contributed by atoms with Gasteiger partial charge in [0, 0.05) is 11.8 Å². The molecule has 0 aromatic carbocycles. The molecule has 1 aliphatic heterocycles. The largest absolute Gasteiger partial charge is 0.313 e. The van der Waals surface area contributed by atoms with Crippen molar-refractivity contribution in [2.75, 3.05) is 18.1 Å². The summed E-state index contributed by atoms with van der Waals surface area (Å²) in [6, 6.07) is 0.825. The van der Waals surface area contributed by atoms with E-state index in [0.717, 1.165) is 12.0 Å². The molecule has 0 bridgehead atoms. The first kappa shape index (κ1) is 13.4. The topological polar surface area (TPSA) is 12.0 Å². The Morgan fingerprint density at radius 2 is 2.00 bits per heavy atom. The SMILES string of the molecule is CC(C)CCCCCCNC1CCSC1. The smallest absolute Gasteiger partial charge is 0.0166 e. The van der Waals surface area contributed by atoms with Gasteiger partial charge in [0.25, 0.3) is 0 Å². The molecule has 0 amide bonds. The van der Waals surface area contributed by atoms with Gasteiger partial charge in [-0.15, -0.1) is 0 Å². The van der Waals surface area contributed by atoms with Gasteiger partial charge in [-0.3, -0.25) is 0 Å². The summed E-state index contributed by atoms with van der Waals surface area (Å²) in [5.41, 5.74) is 0. The fourth-order valence-corrected chi connectivity index (χ4v) is 3.22. The van der Waals surface area contributed by atoms with E-state index in [-0.39, 0.29) is 0 Å². The highest BCUT2D eigenvalue weighted by Gasteiger charge is 2.13. The van der Waals surface area contributed by atoms with E-state index in [1.54, 1.807) is 0 Å². The molecule has 1 rings (SSSR count). The Kier molecular flexibility index (Phi) is 7.54. The fraction of sp³-hybridized carbons (Fsp3) is 1.00. The molecular formula is C13H27NS. The molecule has 90 valence electrons. The lowest BCUT2D eigenvalue weighted by molar-refractivity contribution is 0.495. The van der Waals surface area contributed by atoms with Crippen molar-refractivity contribution in [3.63, 3.8) is 0 Å². The van der Waals surface area contributed by atoms with Gasteiger partial charge >= 0.3 is 0 Å². The first-order chi connectivity index (χ1) is 7.29. The van der Waals surface area contributed by atoms with Gasteiger partial charge in [-0.2, -0.15) is 11.8 Å². The third-order valence-electron chi connectivity index (χ3n) is 3.07. The van der Waals surface area contributed by atoms with Crippen LogP contribution in [0.15, 0.2) is 0 Å². The van der Waals surface area contributed by atoms with Gasteiger partial charge in [0.2, 0.25) is 0 Å². The zero-order valence-corrected chi connectivity index (χ0v) is 11.2. The third-order valence-corrected chi connectivity index (χ3v) is 4.23. The van der Waals surface area contributed by atoms with Crippen molar-refractivity contribution < 1.29 is 0 Å². The lowest BCUT2D eigenvalue weighted by Crippen LogP contribution is -2.29. The summed E-state index contributed by atoms with van der Waals surface area (Å²) in [5, 5.41) is 3.66. The fourth-order valence-electron chi connectivity index (χ4n) is 2.03. The van der Waals surface area contributed by atoms with Crippen molar-refractivity contribution in [1.29, 1.82) is 0 Å². The predicted octanol–water partition coefficient (Wildman–Crippen LogP) is 3.69. The van der Waals surface area contributed by atoms with Crippen molar-refractivity contribution in [2.24, 2.45) is 5.92 Å². The van der Waals surface area contributed by atoms with Gasteiger partial charge in [-0.05, 0) is 31.1 Å². The van der Waals surface area contributed by atoms with Crippen molar-refractivity contribution in [1.82, 2.24) is 5.32 Å². The molecule has 0 aromatic heterocycles. The van der Waals surface area contributed by atoms with E-state index in [2.05, 4.69) is 30.9 Å².